The summed E-state index contributed by atoms with van der Waals surface area (Å²) >= 11 is 0. The molecule has 0 spiro atoms. The molecule has 0 aromatic heterocycles. The number of aromatic carboxylic acids is 1. The molecule has 1 saturated heterocycles. The van der Waals surface area contributed by atoms with Crippen molar-refractivity contribution in [3.05, 3.63) is 52.8 Å². The van der Waals surface area contributed by atoms with Crippen LogP contribution < -0.4 is 4.90 Å². The van der Waals surface area contributed by atoms with Crippen LogP contribution in [0.25, 0.3) is 0 Å². The van der Waals surface area contributed by atoms with E-state index in [1.165, 1.54) is 30.5 Å². The SMILES string of the molecule is Cc1cc(N2CCCC2)c(F)cc1C=Nc1ccc(O)c(C(=O)O)c1. The van der Waals surface area contributed by atoms with Gasteiger partial charge in [-0.3, -0.25) is 4.99 Å². The summed E-state index contributed by atoms with van der Waals surface area (Å²) < 4.78 is 14.4. The molecule has 1 aliphatic heterocycles. The zero-order chi connectivity index (χ0) is 18.0. The summed E-state index contributed by atoms with van der Waals surface area (Å²) in [4.78, 5) is 17.3. The average Bonchev–Trinajstić information content (AvgIpc) is 3.10. The molecule has 2 aromatic rings. The van der Waals surface area contributed by atoms with E-state index >= 15 is 0 Å². The fraction of sp³-hybridized carbons (Fsp3) is 0.263. The molecule has 3 rings (SSSR count). The molecule has 0 bridgehead atoms. The van der Waals surface area contributed by atoms with Gasteiger partial charge in [0.2, 0.25) is 0 Å². The molecule has 0 radical (unpaired) electrons. The van der Waals surface area contributed by atoms with E-state index in [1.807, 2.05) is 17.9 Å². The van der Waals surface area contributed by atoms with Gasteiger partial charge in [0.05, 0.1) is 11.4 Å². The predicted molar refractivity (Wildman–Crippen MR) is 94.9 cm³/mol. The van der Waals surface area contributed by atoms with Crippen molar-refractivity contribution in [1.82, 2.24) is 0 Å². The van der Waals surface area contributed by atoms with E-state index in [-0.39, 0.29) is 17.1 Å². The number of aromatic hydroxyl groups is 1. The quantitative estimate of drug-likeness (QED) is 0.827. The summed E-state index contributed by atoms with van der Waals surface area (Å²) in [5, 5.41) is 18.5. The summed E-state index contributed by atoms with van der Waals surface area (Å²) in [6.07, 6.45) is 3.66. The van der Waals surface area contributed by atoms with E-state index in [0.717, 1.165) is 31.5 Å². The first-order valence-corrected chi connectivity index (χ1v) is 8.11. The maximum Gasteiger partial charge on any atom is 0.339 e. The van der Waals surface area contributed by atoms with Gasteiger partial charge >= 0.3 is 5.97 Å². The van der Waals surface area contributed by atoms with Gasteiger partial charge in [-0.2, -0.15) is 0 Å². The number of aryl methyl sites for hydroxylation is 1. The Morgan fingerprint density at radius 1 is 1.24 bits per heavy atom. The zero-order valence-corrected chi connectivity index (χ0v) is 13.9. The lowest BCUT2D eigenvalue weighted by molar-refractivity contribution is 0.0694. The molecule has 1 heterocycles. The Morgan fingerprint density at radius 3 is 2.64 bits per heavy atom. The molecule has 6 heteroatoms. The minimum atomic E-state index is -1.23. The minimum Gasteiger partial charge on any atom is -0.507 e. The van der Waals surface area contributed by atoms with Crippen LogP contribution in [0.1, 0.15) is 34.3 Å². The smallest absolute Gasteiger partial charge is 0.339 e. The number of aliphatic imine (C=N–C) groups is 1. The maximum atomic E-state index is 14.4. The van der Waals surface area contributed by atoms with E-state index in [1.54, 1.807) is 0 Å². The summed E-state index contributed by atoms with van der Waals surface area (Å²) in [7, 11) is 0. The van der Waals surface area contributed by atoms with Crippen molar-refractivity contribution >= 4 is 23.6 Å². The summed E-state index contributed by atoms with van der Waals surface area (Å²) in [5.41, 5.74) is 2.29. The zero-order valence-electron chi connectivity index (χ0n) is 13.9. The molecule has 0 atom stereocenters. The largest absolute Gasteiger partial charge is 0.507 e. The number of carbonyl (C=O) groups is 1. The first-order valence-electron chi connectivity index (χ1n) is 8.11. The van der Waals surface area contributed by atoms with Crippen molar-refractivity contribution in [3.8, 4) is 5.75 Å². The Balaban J connectivity index is 1.87. The molecule has 0 amide bonds. The maximum absolute atomic E-state index is 14.4. The number of phenols is 1. The van der Waals surface area contributed by atoms with E-state index in [2.05, 4.69) is 4.99 Å². The van der Waals surface area contributed by atoms with E-state index in [9.17, 15) is 14.3 Å². The number of carboxylic acids is 1. The highest BCUT2D eigenvalue weighted by atomic mass is 19.1. The third-order valence-electron chi connectivity index (χ3n) is 4.35. The molecule has 0 aliphatic carbocycles. The van der Waals surface area contributed by atoms with E-state index in [4.69, 9.17) is 5.11 Å². The Bertz CT molecular complexity index is 843. The van der Waals surface area contributed by atoms with Crippen LogP contribution in [0.2, 0.25) is 0 Å². The van der Waals surface area contributed by atoms with Crippen molar-refractivity contribution in [2.75, 3.05) is 18.0 Å². The number of rotatable bonds is 4. The molecule has 0 saturated carbocycles. The molecule has 1 aliphatic rings. The van der Waals surface area contributed by atoms with Crippen molar-refractivity contribution in [2.45, 2.75) is 19.8 Å². The third-order valence-corrected chi connectivity index (χ3v) is 4.35. The molecule has 1 fully saturated rings. The normalized spacial score (nSPS) is 14.4. The Labute approximate surface area is 145 Å². The Morgan fingerprint density at radius 2 is 1.96 bits per heavy atom. The lowest BCUT2D eigenvalue weighted by Gasteiger charge is -2.19. The topological polar surface area (TPSA) is 73.1 Å². The highest BCUT2D eigenvalue weighted by Gasteiger charge is 2.17. The molecule has 130 valence electrons. The van der Waals surface area contributed by atoms with Crippen LogP contribution >= 0.6 is 0 Å². The van der Waals surface area contributed by atoms with Gasteiger partial charge in [0.25, 0.3) is 0 Å². The molecule has 0 unspecified atom stereocenters. The standard InChI is InChI=1S/C19H19FN2O3/c1-12-8-17(22-6-2-3-7-22)16(20)9-13(12)11-21-14-4-5-18(23)15(10-14)19(24)25/h4-5,8-11,23H,2-3,6-7H2,1H3,(H,24,25). The van der Waals surface area contributed by atoms with Crippen molar-refractivity contribution in [1.29, 1.82) is 0 Å². The highest BCUT2D eigenvalue weighted by Crippen LogP contribution is 2.27. The molecule has 2 aromatic carbocycles. The van der Waals surface area contributed by atoms with Gasteiger partial charge in [0, 0.05) is 19.3 Å². The van der Waals surface area contributed by atoms with E-state index < -0.39 is 5.97 Å². The highest BCUT2D eigenvalue weighted by molar-refractivity contribution is 5.92. The van der Waals surface area contributed by atoms with Crippen LogP contribution in [0, 0.1) is 12.7 Å². The van der Waals surface area contributed by atoms with Gasteiger partial charge in [-0.1, -0.05) is 0 Å². The third kappa shape index (κ3) is 3.63. The first kappa shape index (κ1) is 17.0. The first-order chi connectivity index (χ1) is 12.0. The summed E-state index contributed by atoms with van der Waals surface area (Å²) in [6.45, 7) is 3.63. The van der Waals surface area contributed by atoms with Crippen molar-refractivity contribution in [2.24, 2.45) is 4.99 Å². The minimum absolute atomic E-state index is 0.220. The number of hydrogen-bond acceptors (Lipinski definition) is 4. The number of hydrogen-bond donors (Lipinski definition) is 2. The molecule has 25 heavy (non-hydrogen) atoms. The second kappa shape index (κ2) is 6.93. The van der Waals surface area contributed by atoms with Crippen LogP contribution in [0.15, 0.2) is 35.3 Å². The van der Waals surface area contributed by atoms with Crippen LogP contribution in [0.4, 0.5) is 15.8 Å². The van der Waals surface area contributed by atoms with E-state index in [0.29, 0.717) is 16.9 Å². The van der Waals surface area contributed by atoms with Crippen molar-refractivity contribution < 1.29 is 19.4 Å². The van der Waals surface area contributed by atoms with Gasteiger partial charge in [-0.05, 0) is 61.2 Å². The van der Waals surface area contributed by atoms with Crippen LogP contribution in [0.3, 0.4) is 0 Å². The number of anilines is 1. The molecular formula is C19H19FN2O3. The van der Waals surface area contributed by atoms with Gasteiger partial charge in [0.1, 0.15) is 17.1 Å². The number of halogens is 1. The van der Waals surface area contributed by atoms with Gasteiger partial charge < -0.3 is 15.1 Å². The van der Waals surface area contributed by atoms with Gasteiger partial charge in [-0.25, -0.2) is 9.18 Å². The average molecular weight is 342 g/mol. The second-order valence-electron chi connectivity index (χ2n) is 6.12. The number of benzene rings is 2. The second-order valence-corrected chi connectivity index (χ2v) is 6.12. The fourth-order valence-electron chi connectivity index (χ4n) is 2.94. The fourth-order valence-corrected chi connectivity index (χ4v) is 2.94. The molecule has 5 nitrogen and oxygen atoms in total. The predicted octanol–water partition coefficient (Wildman–Crippen LogP) is 3.89. The Hall–Kier alpha value is -2.89. The number of nitrogens with zero attached hydrogens (tertiary/aromatic N) is 2. The van der Waals surface area contributed by atoms with Gasteiger partial charge in [-0.15, -0.1) is 0 Å². The summed E-state index contributed by atoms with van der Waals surface area (Å²) in [5.74, 6) is -1.83. The monoisotopic (exact) mass is 342 g/mol. The van der Waals surface area contributed by atoms with Crippen molar-refractivity contribution in [3.63, 3.8) is 0 Å². The lowest BCUT2D eigenvalue weighted by Crippen LogP contribution is -2.19. The Kier molecular flexibility index (Phi) is 4.70. The summed E-state index contributed by atoms with van der Waals surface area (Å²) in [6, 6.07) is 7.33. The van der Waals surface area contributed by atoms with Crippen LogP contribution in [-0.2, 0) is 0 Å². The molecular weight excluding hydrogens is 323 g/mol. The molecule has 2 N–H and O–H groups in total. The number of carboxylic acid groups (broad SMARTS) is 1. The van der Waals surface area contributed by atoms with Crippen LogP contribution in [-0.4, -0.2) is 35.5 Å². The van der Waals surface area contributed by atoms with Gasteiger partial charge in [0.15, 0.2) is 0 Å². The van der Waals surface area contributed by atoms with Crippen LogP contribution in [0.5, 0.6) is 5.75 Å². The lowest BCUT2D eigenvalue weighted by atomic mass is 10.1.